The van der Waals surface area contributed by atoms with Crippen molar-refractivity contribution in [1.82, 2.24) is 0 Å². The number of benzene rings is 3. The maximum Gasteiger partial charge on any atom is 0.311 e. The van der Waals surface area contributed by atoms with E-state index in [1.165, 1.54) is 19.2 Å². The smallest absolute Gasteiger partial charge is 0.311 e. The summed E-state index contributed by atoms with van der Waals surface area (Å²) in [5.74, 6) is 0.170. The van der Waals surface area contributed by atoms with Crippen LogP contribution in [0, 0.1) is 10.1 Å². The number of fused-ring (bicyclic) bond motifs is 1. The monoisotopic (exact) mass is 309 g/mol. The van der Waals surface area contributed by atoms with Crippen LogP contribution in [0.2, 0.25) is 0 Å². The Hall–Kier alpha value is -2.92. The Morgan fingerprint density at radius 2 is 1.83 bits per heavy atom. The van der Waals surface area contributed by atoms with Gasteiger partial charge < -0.3 is 9.84 Å². The van der Waals surface area contributed by atoms with Crippen molar-refractivity contribution >= 4 is 16.5 Å². The van der Waals surface area contributed by atoms with E-state index in [0.717, 1.165) is 10.8 Å². The first-order chi connectivity index (χ1) is 11.1. The third-order valence-electron chi connectivity index (χ3n) is 3.83. The van der Waals surface area contributed by atoms with Crippen molar-refractivity contribution in [2.75, 3.05) is 7.11 Å². The lowest BCUT2D eigenvalue weighted by Gasteiger charge is -2.15. The van der Waals surface area contributed by atoms with Gasteiger partial charge in [-0.05, 0) is 28.0 Å². The van der Waals surface area contributed by atoms with E-state index < -0.39 is 11.0 Å². The van der Waals surface area contributed by atoms with Gasteiger partial charge in [-0.1, -0.05) is 48.5 Å². The molecule has 1 atom stereocenters. The largest absolute Gasteiger partial charge is 0.490 e. The van der Waals surface area contributed by atoms with E-state index in [4.69, 9.17) is 4.74 Å². The first-order valence-electron chi connectivity index (χ1n) is 7.10. The minimum atomic E-state index is -0.953. The average molecular weight is 309 g/mol. The van der Waals surface area contributed by atoms with Gasteiger partial charge in [-0.2, -0.15) is 0 Å². The summed E-state index contributed by atoms with van der Waals surface area (Å²) < 4.78 is 4.99. The van der Waals surface area contributed by atoms with E-state index in [0.29, 0.717) is 11.1 Å². The number of rotatable bonds is 4. The minimum absolute atomic E-state index is 0.163. The van der Waals surface area contributed by atoms with Gasteiger partial charge in [-0.15, -0.1) is 0 Å². The van der Waals surface area contributed by atoms with Crippen molar-refractivity contribution in [3.63, 3.8) is 0 Å². The second-order valence-corrected chi connectivity index (χ2v) is 5.16. The van der Waals surface area contributed by atoms with Gasteiger partial charge in [0.05, 0.1) is 12.0 Å². The van der Waals surface area contributed by atoms with Crippen LogP contribution in [-0.2, 0) is 0 Å². The highest BCUT2D eigenvalue weighted by Gasteiger charge is 2.20. The van der Waals surface area contributed by atoms with Gasteiger partial charge in [-0.25, -0.2) is 0 Å². The molecule has 0 saturated carbocycles. The van der Waals surface area contributed by atoms with E-state index in [2.05, 4.69) is 0 Å². The maximum absolute atomic E-state index is 11.1. The number of nitrogens with zero attached hydrogens (tertiary/aromatic N) is 1. The summed E-state index contributed by atoms with van der Waals surface area (Å²) in [6.07, 6.45) is -0.953. The van der Waals surface area contributed by atoms with Crippen molar-refractivity contribution in [3.8, 4) is 5.75 Å². The minimum Gasteiger partial charge on any atom is -0.490 e. The summed E-state index contributed by atoms with van der Waals surface area (Å²) in [5, 5.41) is 23.8. The van der Waals surface area contributed by atoms with Crippen LogP contribution in [0.5, 0.6) is 5.75 Å². The molecule has 0 aromatic heterocycles. The highest BCUT2D eigenvalue weighted by atomic mass is 16.6. The molecule has 3 rings (SSSR count). The molecule has 23 heavy (non-hydrogen) atoms. The van der Waals surface area contributed by atoms with Crippen molar-refractivity contribution in [3.05, 3.63) is 81.9 Å². The summed E-state index contributed by atoms with van der Waals surface area (Å²) in [7, 11) is 1.38. The van der Waals surface area contributed by atoms with Crippen molar-refractivity contribution in [2.45, 2.75) is 6.10 Å². The van der Waals surface area contributed by atoms with Gasteiger partial charge in [0.15, 0.2) is 5.75 Å². The third kappa shape index (κ3) is 2.74. The molecule has 0 fully saturated rings. The first kappa shape index (κ1) is 15.0. The van der Waals surface area contributed by atoms with Crippen molar-refractivity contribution < 1.29 is 14.8 Å². The number of hydrogen-bond donors (Lipinski definition) is 1. The zero-order valence-electron chi connectivity index (χ0n) is 12.5. The van der Waals surface area contributed by atoms with Crippen LogP contribution in [-0.4, -0.2) is 17.1 Å². The molecule has 5 nitrogen and oxygen atoms in total. The van der Waals surface area contributed by atoms with Gasteiger partial charge in [0, 0.05) is 6.07 Å². The molecule has 5 heteroatoms. The Labute approximate surface area is 132 Å². The van der Waals surface area contributed by atoms with Crippen molar-refractivity contribution in [2.24, 2.45) is 0 Å². The molecule has 0 amide bonds. The zero-order chi connectivity index (χ0) is 16.4. The number of aliphatic hydroxyl groups is 1. The molecular weight excluding hydrogens is 294 g/mol. The first-order valence-corrected chi connectivity index (χ1v) is 7.10. The number of ether oxygens (including phenoxy) is 1. The second-order valence-electron chi connectivity index (χ2n) is 5.16. The number of methoxy groups -OCH3 is 1. The lowest BCUT2D eigenvalue weighted by Crippen LogP contribution is -2.02. The van der Waals surface area contributed by atoms with Gasteiger partial charge in [0.1, 0.15) is 6.10 Å². The average Bonchev–Trinajstić information content (AvgIpc) is 2.60. The van der Waals surface area contributed by atoms with E-state index >= 15 is 0 Å². The molecular formula is C18H15NO4. The van der Waals surface area contributed by atoms with Crippen LogP contribution < -0.4 is 4.74 Å². The Morgan fingerprint density at radius 1 is 1.09 bits per heavy atom. The van der Waals surface area contributed by atoms with Crippen LogP contribution in [0.25, 0.3) is 10.8 Å². The van der Waals surface area contributed by atoms with Gasteiger partial charge in [-0.3, -0.25) is 10.1 Å². The van der Waals surface area contributed by atoms with E-state index in [-0.39, 0.29) is 11.4 Å². The highest BCUT2D eigenvalue weighted by molar-refractivity contribution is 5.86. The molecule has 0 heterocycles. The van der Waals surface area contributed by atoms with Gasteiger partial charge >= 0.3 is 5.69 Å². The molecule has 0 saturated heterocycles. The molecule has 0 spiro atoms. The van der Waals surface area contributed by atoms with Crippen LogP contribution in [0.1, 0.15) is 17.2 Å². The van der Waals surface area contributed by atoms with E-state index in [1.807, 2.05) is 42.5 Å². The Morgan fingerprint density at radius 3 is 2.57 bits per heavy atom. The summed E-state index contributed by atoms with van der Waals surface area (Å²) in [4.78, 5) is 10.6. The summed E-state index contributed by atoms with van der Waals surface area (Å²) in [6.45, 7) is 0. The Bertz CT molecular complexity index is 871. The molecule has 116 valence electrons. The molecule has 3 aromatic carbocycles. The predicted octanol–water partition coefficient (Wildman–Crippen LogP) is 3.84. The van der Waals surface area contributed by atoms with Crippen LogP contribution in [0.3, 0.4) is 0 Å². The summed E-state index contributed by atoms with van der Waals surface area (Å²) in [6, 6.07) is 17.8. The lowest BCUT2D eigenvalue weighted by atomic mass is 9.95. The topological polar surface area (TPSA) is 72.6 Å². The predicted molar refractivity (Wildman–Crippen MR) is 87.7 cm³/mol. The fourth-order valence-corrected chi connectivity index (χ4v) is 2.69. The van der Waals surface area contributed by atoms with Crippen LogP contribution >= 0.6 is 0 Å². The normalized spacial score (nSPS) is 12.1. The third-order valence-corrected chi connectivity index (χ3v) is 3.83. The molecule has 0 aliphatic heterocycles. The fourth-order valence-electron chi connectivity index (χ4n) is 2.69. The second kappa shape index (κ2) is 6.06. The van der Waals surface area contributed by atoms with E-state index in [1.54, 1.807) is 6.07 Å². The number of hydrogen-bond acceptors (Lipinski definition) is 4. The van der Waals surface area contributed by atoms with E-state index in [9.17, 15) is 15.2 Å². The quantitative estimate of drug-likeness (QED) is 0.587. The SMILES string of the molecule is COc1ccc([C@@H](O)c2cccc3ccccc23)cc1[N+](=O)[O-]. The number of nitro groups is 1. The Balaban J connectivity index is 2.11. The molecule has 0 bridgehead atoms. The number of nitro benzene ring substituents is 1. The molecule has 3 aromatic rings. The molecule has 1 N–H and O–H groups in total. The molecule has 0 aliphatic carbocycles. The lowest BCUT2D eigenvalue weighted by molar-refractivity contribution is -0.385. The summed E-state index contributed by atoms with van der Waals surface area (Å²) >= 11 is 0. The standard InChI is InChI=1S/C18H15NO4/c1-23-17-10-9-13(11-16(17)19(21)22)18(20)15-8-4-6-12-5-2-3-7-14(12)15/h2-11,18,20H,1H3/t18-/m1/s1. The van der Waals surface area contributed by atoms with Gasteiger partial charge in [0.2, 0.25) is 0 Å². The zero-order valence-corrected chi connectivity index (χ0v) is 12.5. The van der Waals surface area contributed by atoms with Crippen LogP contribution in [0.15, 0.2) is 60.7 Å². The highest BCUT2D eigenvalue weighted by Crippen LogP contribution is 2.34. The maximum atomic E-state index is 11.1. The summed E-state index contributed by atoms with van der Waals surface area (Å²) in [5.41, 5.74) is 1.00. The molecule has 0 unspecified atom stereocenters. The fraction of sp³-hybridized carbons (Fsp3) is 0.111. The Kier molecular flexibility index (Phi) is 3.95. The molecule has 0 aliphatic rings. The van der Waals surface area contributed by atoms with Gasteiger partial charge in [0.25, 0.3) is 0 Å². The van der Waals surface area contributed by atoms with Crippen LogP contribution in [0.4, 0.5) is 5.69 Å². The molecule has 0 radical (unpaired) electrons. The number of aliphatic hydroxyl groups excluding tert-OH is 1. The van der Waals surface area contributed by atoms with Crippen molar-refractivity contribution in [1.29, 1.82) is 0 Å².